The van der Waals surface area contributed by atoms with Crippen LogP contribution in [0.2, 0.25) is 0 Å². The van der Waals surface area contributed by atoms with E-state index in [2.05, 4.69) is 0 Å². The summed E-state index contributed by atoms with van der Waals surface area (Å²) >= 11 is 0. The molecule has 5 heteroatoms. The van der Waals surface area contributed by atoms with Crippen molar-refractivity contribution >= 4 is 0 Å². The first-order valence-corrected chi connectivity index (χ1v) is 3.95. The van der Waals surface area contributed by atoms with Crippen LogP contribution in [0.5, 0.6) is 0 Å². The topological polar surface area (TPSA) is 35.5 Å². The molecule has 0 aromatic heterocycles. The average Bonchev–Trinajstić information content (AvgIpc) is 2.09. The third-order valence-electron chi connectivity index (χ3n) is 1.46. The maximum atomic E-state index is 11.5. The normalized spacial score (nSPS) is 46.4. The molecule has 0 saturated carbocycles. The second-order valence-electron chi connectivity index (χ2n) is 3.00. The Hall–Kier alpha value is 3.15. The standard InChI is InChI=1S/C9H17NO2.2K/c1-7(2)12-10-5-4-9(11)6-8(10)3;;/h8-9H,4-6H2,1-3H3;;/q-2;2*+1/i5T2,6T,8T;;. The van der Waals surface area contributed by atoms with Gasteiger partial charge in [-0.05, 0) is 13.3 Å². The summed E-state index contributed by atoms with van der Waals surface area (Å²) in [6.07, 6.45) is -2.52. The Kier molecular flexibility index (Phi) is 8.81. The van der Waals surface area contributed by atoms with Crippen molar-refractivity contribution in [2.75, 3.05) is 6.50 Å². The number of hydrogen-bond donors (Lipinski definition) is 0. The minimum atomic E-state index is -2.02. The van der Waals surface area contributed by atoms with E-state index < -0.39 is 25.0 Å². The van der Waals surface area contributed by atoms with Gasteiger partial charge in [-0.2, -0.15) is 20.0 Å². The van der Waals surface area contributed by atoms with Crippen molar-refractivity contribution in [3.63, 3.8) is 0 Å². The molecule has 0 radical (unpaired) electrons. The number of rotatable bonds is 2. The maximum absolute atomic E-state index is 11.5. The molecular weight excluding hydrogens is 232 g/mol. The van der Waals surface area contributed by atoms with Gasteiger partial charge in [-0.25, -0.2) is 5.06 Å². The molecule has 0 spiro atoms. The van der Waals surface area contributed by atoms with Crippen LogP contribution in [0.3, 0.4) is 0 Å². The Morgan fingerprint density at radius 2 is 2.14 bits per heavy atom. The molecule has 0 N–H and O–H groups in total. The van der Waals surface area contributed by atoms with Crippen LogP contribution in [0.15, 0.2) is 0 Å². The van der Waals surface area contributed by atoms with Crippen molar-refractivity contribution in [1.82, 2.24) is 5.06 Å². The number of hydrogen-bond acceptors (Lipinski definition) is 3. The van der Waals surface area contributed by atoms with Gasteiger partial charge in [0.25, 0.3) is 0 Å². The van der Waals surface area contributed by atoms with E-state index in [4.69, 9.17) is 10.3 Å². The van der Waals surface area contributed by atoms with Crippen LogP contribution < -0.4 is 108 Å². The number of piperidine rings is 1. The van der Waals surface area contributed by atoms with E-state index in [0.29, 0.717) is 6.10 Å². The van der Waals surface area contributed by atoms with Gasteiger partial charge < -0.3 is 9.94 Å². The van der Waals surface area contributed by atoms with Crippen molar-refractivity contribution < 1.29 is 118 Å². The van der Waals surface area contributed by atoms with Gasteiger partial charge in [-0.15, -0.1) is 6.10 Å². The van der Waals surface area contributed by atoms with E-state index in [9.17, 15) is 5.11 Å². The summed E-state index contributed by atoms with van der Waals surface area (Å²) in [5.74, 6) is 0. The molecule has 1 fully saturated rings. The fourth-order valence-electron chi connectivity index (χ4n) is 0.980. The average molecular weight is 257 g/mol. The van der Waals surface area contributed by atoms with Gasteiger partial charge in [0, 0.05) is 18.0 Å². The van der Waals surface area contributed by atoms with Gasteiger partial charge in [-0.3, -0.25) is 0 Å². The molecular formula is C9H17K2NO2. The SMILES string of the molecule is [3H]C1C([O-])CC([3H])([3H])N(O[C-](C)C)C1([3H])C.[K+].[K+]. The molecule has 1 rings (SSSR count). The van der Waals surface area contributed by atoms with Crippen molar-refractivity contribution in [3.05, 3.63) is 6.10 Å². The quantitative estimate of drug-likeness (QED) is 0.366. The number of hydroxylamine groups is 2. The van der Waals surface area contributed by atoms with Gasteiger partial charge in [0.15, 0.2) is 0 Å². The molecule has 1 aliphatic rings. The molecule has 0 aliphatic carbocycles. The Bertz CT molecular complexity index is 269. The molecule has 0 aromatic rings. The van der Waals surface area contributed by atoms with Crippen LogP contribution in [0.4, 0.5) is 0 Å². The predicted molar refractivity (Wildman–Crippen MR) is 44.9 cm³/mol. The molecule has 3 nitrogen and oxygen atoms in total. The van der Waals surface area contributed by atoms with Crippen molar-refractivity contribution in [3.8, 4) is 0 Å². The van der Waals surface area contributed by atoms with Crippen LogP contribution in [0, 0.1) is 6.10 Å². The zero-order chi connectivity index (χ0) is 12.7. The Morgan fingerprint density at radius 3 is 2.64 bits per heavy atom. The molecule has 0 amide bonds. The maximum Gasteiger partial charge on any atom is 1.00 e. The number of nitrogens with zero attached hydrogens (tertiary/aromatic N) is 1. The zero-order valence-corrected chi connectivity index (χ0v) is 15.9. The summed E-state index contributed by atoms with van der Waals surface area (Å²) in [4.78, 5) is 5.17. The van der Waals surface area contributed by atoms with Crippen molar-refractivity contribution in [2.24, 2.45) is 0 Å². The minimum absolute atomic E-state index is 0. The van der Waals surface area contributed by atoms with E-state index in [1.54, 1.807) is 13.8 Å². The third kappa shape index (κ3) is 7.47. The first kappa shape index (κ1) is 12.2. The van der Waals surface area contributed by atoms with Crippen molar-refractivity contribution in [1.29, 1.82) is 0 Å². The molecule has 0 bridgehead atoms. The first-order chi connectivity index (χ1) is 7.09. The summed E-state index contributed by atoms with van der Waals surface area (Å²) in [5.41, 5.74) is 0. The van der Waals surface area contributed by atoms with Crippen LogP contribution in [-0.2, 0) is 4.84 Å². The summed E-state index contributed by atoms with van der Waals surface area (Å²) < 4.78 is 31.0. The molecule has 0 aromatic carbocycles. The summed E-state index contributed by atoms with van der Waals surface area (Å²) in [7, 11) is 0. The van der Waals surface area contributed by atoms with Gasteiger partial charge in [0.2, 0.25) is 0 Å². The molecule has 72 valence electrons. The molecule has 1 heterocycles. The first-order valence-electron chi connectivity index (χ1n) is 6.03. The van der Waals surface area contributed by atoms with Gasteiger partial charge in [-0.1, -0.05) is 6.42 Å². The van der Waals surface area contributed by atoms with Crippen LogP contribution in [0.25, 0.3) is 0 Å². The molecule has 3 atom stereocenters. The zero-order valence-electron chi connectivity index (χ0n) is 13.6. The van der Waals surface area contributed by atoms with E-state index in [-0.39, 0.29) is 109 Å². The predicted octanol–water partition coefficient (Wildman–Crippen LogP) is -5.29. The summed E-state index contributed by atoms with van der Waals surface area (Å²) in [6.45, 7) is 2.58. The van der Waals surface area contributed by atoms with E-state index in [1.807, 2.05) is 0 Å². The van der Waals surface area contributed by atoms with Crippen molar-refractivity contribution in [2.45, 2.75) is 45.7 Å². The Morgan fingerprint density at radius 1 is 1.57 bits per heavy atom. The molecule has 1 aliphatic heterocycles. The van der Waals surface area contributed by atoms with E-state index in [1.165, 1.54) is 6.92 Å². The Labute approximate surface area is 178 Å². The smallest absolute Gasteiger partial charge is 0.852 e. The molecule has 3 unspecified atom stereocenters. The third-order valence-corrected chi connectivity index (χ3v) is 1.46. The van der Waals surface area contributed by atoms with E-state index in [0.717, 1.165) is 5.06 Å². The Balaban J connectivity index is 0. The monoisotopic (exact) mass is 257 g/mol. The van der Waals surface area contributed by atoms with Crippen LogP contribution in [0.1, 0.15) is 39.1 Å². The van der Waals surface area contributed by atoms with Crippen LogP contribution in [-0.4, -0.2) is 23.7 Å². The van der Waals surface area contributed by atoms with E-state index >= 15 is 0 Å². The van der Waals surface area contributed by atoms with Crippen LogP contribution >= 0.6 is 0 Å². The minimum Gasteiger partial charge on any atom is -0.852 e. The fraction of sp³-hybridized carbons (Fsp3) is 0.889. The summed E-state index contributed by atoms with van der Waals surface area (Å²) in [6, 6.07) is -1.69. The fourth-order valence-corrected chi connectivity index (χ4v) is 0.980. The van der Waals surface area contributed by atoms with Gasteiger partial charge in [0.1, 0.15) is 0 Å². The second kappa shape index (κ2) is 10.1. The largest absolute Gasteiger partial charge is 1.00 e. The second-order valence-corrected chi connectivity index (χ2v) is 3.00. The van der Waals surface area contributed by atoms with Gasteiger partial charge in [0.05, 0.1) is 0 Å². The van der Waals surface area contributed by atoms with Gasteiger partial charge >= 0.3 is 103 Å². The molecule has 14 heavy (non-hydrogen) atoms. The summed E-state index contributed by atoms with van der Waals surface area (Å²) in [5, 5.41) is 12.3. The molecule has 1 saturated heterocycles.